The molecule has 6 heteroatoms. The van der Waals surface area contributed by atoms with Crippen molar-refractivity contribution in [1.29, 1.82) is 0 Å². The molecule has 1 atom stereocenters. The van der Waals surface area contributed by atoms with Crippen LogP contribution in [0.2, 0.25) is 0 Å². The van der Waals surface area contributed by atoms with E-state index in [1.54, 1.807) is 0 Å². The molecule has 0 aliphatic carbocycles. The summed E-state index contributed by atoms with van der Waals surface area (Å²) in [7, 11) is 0. The third kappa shape index (κ3) is 46.7. The van der Waals surface area contributed by atoms with Crippen molar-refractivity contribution in [2.45, 2.75) is 277 Å². The Morgan fingerprint density at radius 3 is 1.00 bits per heavy atom. The van der Waals surface area contributed by atoms with E-state index in [-0.39, 0.29) is 37.5 Å². The van der Waals surface area contributed by atoms with Gasteiger partial charge in [-0.25, -0.2) is 0 Å². The van der Waals surface area contributed by atoms with E-state index < -0.39 is 6.10 Å². The Hall–Kier alpha value is -2.37. The maximum atomic E-state index is 12.7. The Labute approximate surface area is 372 Å². The highest BCUT2D eigenvalue weighted by atomic mass is 16.6. The molecule has 0 aliphatic heterocycles. The minimum atomic E-state index is -0.799. The van der Waals surface area contributed by atoms with Crippen molar-refractivity contribution in [2.75, 3.05) is 13.2 Å². The van der Waals surface area contributed by atoms with Crippen molar-refractivity contribution in [3.8, 4) is 0 Å². The van der Waals surface area contributed by atoms with Gasteiger partial charge in [0.25, 0.3) is 0 Å². The van der Waals surface area contributed by atoms with Crippen LogP contribution in [0.5, 0.6) is 0 Å². The molecule has 1 unspecified atom stereocenters. The molecule has 0 amide bonds. The molecule has 0 spiro atoms. The van der Waals surface area contributed by atoms with Gasteiger partial charge in [0.1, 0.15) is 13.2 Å². The lowest BCUT2D eigenvalue weighted by atomic mass is 10.0. The Kier molecular flexibility index (Phi) is 47.3. The first-order valence-corrected chi connectivity index (χ1v) is 26.0. The Morgan fingerprint density at radius 1 is 0.333 bits per heavy atom. The van der Waals surface area contributed by atoms with Gasteiger partial charge in [-0.05, 0) is 64.2 Å². The van der Waals surface area contributed by atoms with Crippen LogP contribution in [0.25, 0.3) is 0 Å². The topological polar surface area (TPSA) is 78.9 Å². The van der Waals surface area contributed by atoms with Gasteiger partial charge in [0, 0.05) is 19.3 Å². The van der Waals surface area contributed by atoms with E-state index in [1.165, 1.54) is 173 Å². The number of rotatable bonds is 47. The molecule has 0 aromatic heterocycles. The first kappa shape index (κ1) is 57.6. The van der Waals surface area contributed by atoms with Gasteiger partial charge in [0.05, 0.1) is 0 Å². The predicted molar refractivity (Wildman–Crippen MR) is 256 cm³/mol. The van der Waals surface area contributed by atoms with Gasteiger partial charge in [0.15, 0.2) is 6.10 Å². The second kappa shape index (κ2) is 49.3. The van der Waals surface area contributed by atoms with Gasteiger partial charge >= 0.3 is 17.9 Å². The summed E-state index contributed by atoms with van der Waals surface area (Å²) in [6.07, 6.45) is 57.1. The number of ether oxygens (including phenoxy) is 3. The molecule has 0 saturated heterocycles. The van der Waals surface area contributed by atoms with Crippen molar-refractivity contribution in [3.05, 3.63) is 36.5 Å². The summed E-state index contributed by atoms with van der Waals surface area (Å²) < 4.78 is 16.7. The van der Waals surface area contributed by atoms with E-state index in [9.17, 15) is 14.4 Å². The third-order valence-corrected chi connectivity index (χ3v) is 11.4. The lowest BCUT2D eigenvalue weighted by Crippen LogP contribution is -2.30. The first-order valence-electron chi connectivity index (χ1n) is 26.0. The third-order valence-electron chi connectivity index (χ3n) is 11.4. The highest BCUT2D eigenvalue weighted by Gasteiger charge is 2.19. The van der Waals surface area contributed by atoms with Gasteiger partial charge in [-0.3, -0.25) is 14.4 Å². The zero-order valence-electron chi connectivity index (χ0n) is 40.0. The van der Waals surface area contributed by atoms with Gasteiger partial charge < -0.3 is 14.2 Å². The van der Waals surface area contributed by atoms with Crippen LogP contribution in [0.3, 0.4) is 0 Å². The maximum Gasteiger partial charge on any atom is 0.306 e. The van der Waals surface area contributed by atoms with Gasteiger partial charge in [0.2, 0.25) is 0 Å². The van der Waals surface area contributed by atoms with E-state index in [2.05, 4.69) is 51.2 Å². The molecule has 0 N–H and O–H groups in total. The van der Waals surface area contributed by atoms with Crippen LogP contribution in [-0.2, 0) is 28.6 Å². The minimum absolute atomic E-state index is 0.0930. The largest absolute Gasteiger partial charge is 0.462 e. The van der Waals surface area contributed by atoms with Crippen LogP contribution >= 0.6 is 0 Å². The molecular formula is C54H98O6. The number of allylic oxidation sites excluding steroid dienone is 6. The normalized spacial score (nSPS) is 12.2. The average molecular weight is 843 g/mol. The minimum Gasteiger partial charge on any atom is -0.462 e. The molecule has 60 heavy (non-hydrogen) atoms. The number of hydrogen-bond donors (Lipinski definition) is 0. The molecule has 0 saturated carbocycles. The summed E-state index contributed by atoms with van der Waals surface area (Å²) >= 11 is 0. The van der Waals surface area contributed by atoms with Crippen LogP contribution in [-0.4, -0.2) is 37.2 Å². The van der Waals surface area contributed by atoms with E-state index in [4.69, 9.17) is 14.2 Å². The zero-order valence-corrected chi connectivity index (χ0v) is 40.0. The van der Waals surface area contributed by atoms with Crippen molar-refractivity contribution >= 4 is 17.9 Å². The summed E-state index contributed by atoms with van der Waals surface area (Å²) in [6, 6.07) is 0. The van der Waals surface area contributed by atoms with E-state index in [1.807, 2.05) is 6.08 Å². The molecule has 0 aromatic carbocycles. The highest BCUT2D eigenvalue weighted by Crippen LogP contribution is 2.15. The van der Waals surface area contributed by atoms with Crippen LogP contribution < -0.4 is 0 Å². The van der Waals surface area contributed by atoms with E-state index in [0.717, 1.165) is 51.4 Å². The monoisotopic (exact) mass is 843 g/mol. The lowest BCUT2D eigenvalue weighted by Gasteiger charge is -2.18. The van der Waals surface area contributed by atoms with Crippen LogP contribution in [0.15, 0.2) is 36.5 Å². The fourth-order valence-corrected chi connectivity index (χ4v) is 7.43. The fourth-order valence-electron chi connectivity index (χ4n) is 7.43. The lowest BCUT2D eigenvalue weighted by molar-refractivity contribution is -0.166. The highest BCUT2D eigenvalue weighted by molar-refractivity contribution is 5.71. The summed E-state index contributed by atoms with van der Waals surface area (Å²) in [6.45, 7) is 6.59. The smallest absolute Gasteiger partial charge is 0.306 e. The zero-order chi connectivity index (χ0) is 43.7. The molecule has 0 radical (unpaired) electrons. The van der Waals surface area contributed by atoms with Crippen molar-refractivity contribution in [2.24, 2.45) is 0 Å². The number of hydrogen-bond acceptors (Lipinski definition) is 6. The van der Waals surface area contributed by atoms with E-state index >= 15 is 0 Å². The Balaban J connectivity index is 4.39. The number of carbonyl (C=O) groups excluding carboxylic acids is 3. The van der Waals surface area contributed by atoms with Crippen molar-refractivity contribution < 1.29 is 28.6 Å². The van der Waals surface area contributed by atoms with Gasteiger partial charge in [-0.2, -0.15) is 0 Å². The van der Waals surface area contributed by atoms with Crippen molar-refractivity contribution in [3.63, 3.8) is 0 Å². The molecule has 0 fully saturated rings. The Bertz CT molecular complexity index is 1020. The molecule has 350 valence electrons. The summed E-state index contributed by atoms with van der Waals surface area (Å²) in [5.74, 6) is -0.957. The SMILES string of the molecule is CCCCCCCC/C=C\C/C=C\CCC(=O)OC(COC(=O)CCCCCCCCC/C=C\CCCCCCCC)COC(=O)CCCCCCCCCCCCCC. The molecule has 0 bridgehead atoms. The Morgan fingerprint density at radius 2 is 0.633 bits per heavy atom. The molecule has 6 nitrogen and oxygen atoms in total. The summed E-state index contributed by atoms with van der Waals surface area (Å²) in [4.78, 5) is 37.9. The predicted octanol–water partition coefficient (Wildman–Crippen LogP) is 16.9. The summed E-state index contributed by atoms with van der Waals surface area (Å²) in [5, 5.41) is 0. The van der Waals surface area contributed by atoms with Crippen LogP contribution in [0, 0.1) is 0 Å². The molecule has 0 rings (SSSR count). The average Bonchev–Trinajstić information content (AvgIpc) is 3.24. The molecule has 0 aromatic rings. The fraction of sp³-hybridized carbons (Fsp3) is 0.833. The van der Waals surface area contributed by atoms with Gasteiger partial charge in [-0.15, -0.1) is 0 Å². The maximum absolute atomic E-state index is 12.7. The quantitative estimate of drug-likeness (QED) is 0.0263. The van der Waals surface area contributed by atoms with Crippen molar-refractivity contribution in [1.82, 2.24) is 0 Å². The second-order valence-electron chi connectivity index (χ2n) is 17.4. The molecular weight excluding hydrogens is 745 g/mol. The molecule has 0 heterocycles. The second-order valence-corrected chi connectivity index (χ2v) is 17.4. The standard InChI is InChI=1S/C54H98O6/c1-4-7-10-13-16-19-22-25-26-27-28-30-32-35-38-41-44-47-53(56)59-50-51(49-58-52(55)46-43-40-37-34-31-24-21-18-15-12-9-6-3)60-54(57)48-45-42-39-36-33-29-23-20-17-14-11-8-5-2/h25-26,29,33,39,42,51H,4-24,27-28,30-32,34-38,40-41,43-50H2,1-3H3/b26-25-,33-29-,42-39-. The van der Waals surface area contributed by atoms with Crippen LogP contribution in [0.1, 0.15) is 271 Å². The number of esters is 3. The van der Waals surface area contributed by atoms with Gasteiger partial charge in [-0.1, -0.05) is 224 Å². The first-order chi connectivity index (χ1) is 29.5. The van der Waals surface area contributed by atoms with Crippen LogP contribution in [0.4, 0.5) is 0 Å². The molecule has 0 aliphatic rings. The summed E-state index contributed by atoms with van der Waals surface area (Å²) in [5.41, 5.74) is 0. The van der Waals surface area contributed by atoms with E-state index in [0.29, 0.717) is 19.3 Å². The number of carbonyl (C=O) groups is 3. The number of unbranched alkanes of at least 4 members (excludes halogenated alkanes) is 30.